The number of phosphoric acid groups is 1. The minimum absolute atomic E-state index is 0.0386. The monoisotopic (exact) mass is 948 g/mol. The van der Waals surface area contributed by atoms with Crippen molar-refractivity contribution in [1.29, 1.82) is 0 Å². The molecule has 0 bridgehead atoms. The fourth-order valence-corrected chi connectivity index (χ4v) is 8.25. The number of quaternary nitrogens is 1. The van der Waals surface area contributed by atoms with Gasteiger partial charge in [0, 0.05) is 41.1 Å². The molecule has 3 rings (SSSR count). The van der Waals surface area contributed by atoms with Crippen molar-refractivity contribution in [3.8, 4) is 5.75 Å². The number of carbonyl (C=O) groups is 4. The second kappa shape index (κ2) is 29.8. The van der Waals surface area contributed by atoms with E-state index in [9.17, 15) is 28.6 Å². The lowest BCUT2D eigenvalue weighted by atomic mass is 10.0. The van der Waals surface area contributed by atoms with Crippen LogP contribution >= 0.6 is 19.4 Å². The standard InChI is InChI=1S/C49H75ClN3O11P/c1-7-8-9-10-11-12-13-14-15-16-17-18-19-20-21-23-47(55)61-36-42(37-63-65(58,59)62-33-32-53(3,4)5)64-48(56)24-22-31-51-46(54)35-43-38(2)52(45-30-29-41(60-6)34-44(43)45)49(57)39-25-27-40(50)28-26-39/h25-30,34,42H,7-24,31-33,35-37H2,1-6H3,(H-,51,54,58,59)/p+1. The summed E-state index contributed by atoms with van der Waals surface area (Å²) in [6.45, 7) is 3.67. The molecule has 1 heterocycles. The third-order valence-electron chi connectivity index (χ3n) is 11.2. The summed E-state index contributed by atoms with van der Waals surface area (Å²) in [5, 5.41) is 4.04. The number of aromatic nitrogens is 1. The maximum Gasteiger partial charge on any atom is 0.472 e. The molecule has 0 aliphatic heterocycles. The lowest BCUT2D eigenvalue weighted by Crippen LogP contribution is -2.37. The van der Waals surface area contributed by atoms with Crippen molar-refractivity contribution >= 4 is 54.1 Å². The molecule has 1 amide bonds. The van der Waals surface area contributed by atoms with Crippen molar-refractivity contribution in [3.63, 3.8) is 0 Å². The molecule has 16 heteroatoms. The number of methoxy groups -OCH3 is 1. The van der Waals surface area contributed by atoms with Crippen LogP contribution in [0.5, 0.6) is 5.75 Å². The molecule has 65 heavy (non-hydrogen) atoms. The molecule has 14 nitrogen and oxygen atoms in total. The van der Waals surface area contributed by atoms with E-state index in [4.69, 9.17) is 34.9 Å². The zero-order valence-electron chi connectivity index (χ0n) is 39.8. The number of amides is 1. The first-order chi connectivity index (χ1) is 31.0. The first kappa shape index (κ1) is 55.5. The number of benzene rings is 2. The smallest absolute Gasteiger partial charge is 0.472 e. The normalized spacial score (nSPS) is 13.0. The zero-order valence-corrected chi connectivity index (χ0v) is 41.5. The van der Waals surface area contributed by atoms with Crippen LogP contribution in [0.3, 0.4) is 0 Å². The van der Waals surface area contributed by atoms with Crippen LogP contribution in [-0.2, 0) is 43.9 Å². The van der Waals surface area contributed by atoms with Crippen molar-refractivity contribution in [2.24, 2.45) is 0 Å². The zero-order chi connectivity index (χ0) is 47.7. The SMILES string of the molecule is CCCCCCCCCCCCCCCCCC(=O)OCC(COP(=O)(O)OCC[N+](C)(C)C)OC(=O)CCCNC(=O)Cc1c(C)n(C(=O)c2ccc(Cl)cc2)c2ccc(OC)cc12. The van der Waals surface area contributed by atoms with Crippen molar-refractivity contribution in [3.05, 3.63) is 64.3 Å². The van der Waals surface area contributed by atoms with Gasteiger partial charge < -0.3 is 28.9 Å². The average molecular weight is 950 g/mol. The lowest BCUT2D eigenvalue weighted by Gasteiger charge is -2.24. The number of likely N-dealkylation sites (N-methyl/N-ethyl adjacent to an activating group) is 1. The third kappa shape index (κ3) is 22.0. The number of rotatable bonds is 34. The molecule has 3 aromatic rings. The van der Waals surface area contributed by atoms with E-state index in [1.807, 2.05) is 21.1 Å². The maximum atomic E-state index is 13.7. The molecule has 2 atom stereocenters. The Balaban J connectivity index is 1.46. The molecule has 0 radical (unpaired) electrons. The number of unbranched alkanes of at least 4 members (excludes halogenated alkanes) is 14. The Morgan fingerprint density at radius 1 is 0.785 bits per heavy atom. The van der Waals surface area contributed by atoms with Gasteiger partial charge in [0.05, 0.1) is 46.8 Å². The predicted molar refractivity (Wildman–Crippen MR) is 255 cm³/mol. The summed E-state index contributed by atoms with van der Waals surface area (Å²) in [6, 6.07) is 11.9. The number of halogens is 1. The third-order valence-corrected chi connectivity index (χ3v) is 12.4. The Kier molecular flexibility index (Phi) is 25.4. The first-order valence-electron chi connectivity index (χ1n) is 23.6. The van der Waals surface area contributed by atoms with Gasteiger partial charge in [0.15, 0.2) is 6.10 Å². The number of nitrogens with one attached hydrogen (secondary N) is 1. The second-order valence-electron chi connectivity index (χ2n) is 17.8. The van der Waals surface area contributed by atoms with Gasteiger partial charge in [0.25, 0.3) is 5.91 Å². The Bertz CT molecular complexity index is 1960. The van der Waals surface area contributed by atoms with E-state index in [1.54, 1.807) is 61.1 Å². The number of carbonyl (C=O) groups excluding carboxylic acids is 4. The molecule has 2 N–H and O–H groups in total. The topological polar surface area (TPSA) is 169 Å². The van der Waals surface area contributed by atoms with Gasteiger partial charge in [-0.2, -0.15) is 0 Å². The first-order valence-corrected chi connectivity index (χ1v) is 25.4. The molecular weight excluding hydrogens is 873 g/mol. The molecule has 0 aliphatic rings. The number of hydrogen-bond acceptors (Lipinski definition) is 10. The van der Waals surface area contributed by atoms with Crippen LogP contribution in [0, 0.1) is 6.92 Å². The summed E-state index contributed by atoms with van der Waals surface area (Å²) >= 11 is 6.05. The summed E-state index contributed by atoms with van der Waals surface area (Å²) < 4.78 is 41.4. The van der Waals surface area contributed by atoms with Crippen LogP contribution in [0.4, 0.5) is 0 Å². The predicted octanol–water partition coefficient (Wildman–Crippen LogP) is 10.3. The van der Waals surface area contributed by atoms with Gasteiger partial charge in [0.1, 0.15) is 25.5 Å². The van der Waals surface area contributed by atoms with Crippen LogP contribution in [0.15, 0.2) is 42.5 Å². The number of hydrogen-bond donors (Lipinski definition) is 2. The van der Waals surface area contributed by atoms with Crippen LogP contribution in [0.1, 0.15) is 144 Å². The van der Waals surface area contributed by atoms with Gasteiger partial charge in [-0.05, 0) is 67.8 Å². The van der Waals surface area contributed by atoms with E-state index in [2.05, 4.69) is 12.2 Å². The summed E-state index contributed by atoms with van der Waals surface area (Å²) in [7, 11) is 2.77. The molecule has 2 aromatic carbocycles. The molecule has 1 aromatic heterocycles. The van der Waals surface area contributed by atoms with Gasteiger partial charge in [-0.15, -0.1) is 0 Å². The molecule has 0 fully saturated rings. The number of fused-ring (bicyclic) bond motifs is 1. The van der Waals surface area contributed by atoms with Crippen molar-refractivity contribution < 1.29 is 56.4 Å². The molecule has 0 saturated heterocycles. The molecule has 0 saturated carbocycles. The second-order valence-corrected chi connectivity index (χ2v) is 19.7. The Hall–Kier alpha value is -3.78. The molecule has 0 spiro atoms. The van der Waals surface area contributed by atoms with E-state index < -0.39 is 32.5 Å². The molecule has 2 unspecified atom stereocenters. The quantitative estimate of drug-likeness (QED) is 0.0253. The summed E-state index contributed by atoms with van der Waals surface area (Å²) in [6.07, 6.45) is 17.3. The fourth-order valence-electron chi connectivity index (χ4n) is 7.38. The van der Waals surface area contributed by atoms with Gasteiger partial charge >= 0.3 is 19.8 Å². The highest BCUT2D eigenvalue weighted by atomic mass is 35.5. The fraction of sp³-hybridized carbons (Fsp3) is 0.633. The van der Waals surface area contributed by atoms with E-state index in [-0.39, 0.29) is 57.3 Å². The Morgan fingerprint density at radius 3 is 1.95 bits per heavy atom. The van der Waals surface area contributed by atoms with E-state index in [0.29, 0.717) is 55.9 Å². The number of esters is 2. The minimum atomic E-state index is -4.50. The van der Waals surface area contributed by atoms with Crippen molar-refractivity contribution in [2.45, 2.75) is 142 Å². The minimum Gasteiger partial charge on any atom is -0.497 e. The van der Waals surface area contributed by atoms with Crippen molar-refractivity contribution in [1.82, 2.24) is 9.88 Å². The summed E-state index contributed by atoms with van der Waals surface area (Å²) in [5.74, 6) is -1.15. The highest BCUT2D eigenvalue weighted by Crippen LogP contribution is 2.43. The van der Waals surface area contributed by atoms with Gasteiger partial charge in [-0.1, -0.05) is 108 Å². The van der Waals surface area contributed by atoms with E-state index in [1.165, 1.54) is 70.6 Å². The Labute approximate surface area is 392 Å². The molecule has 364 valence electrons. The van der Waals surface area contributed by atoms with E-state index >= 15 is 0 Å². The highest BCUT2D eigenvalue weighted by molar-refractivity contribution is 7.47. The van der Waals surface area contributed by atoms with Crippen LogP contribution in [-0.4, -0.2) is 105 Å². The average Bonchev–Trinajstić information content (AvgIpc) is 3.53. The number of ether oxygens (including phenoxy) is 3. The van der Waals surface area contributed by atoms with Crippen LogP contribution in [0.2, 0.25) is 5.02 Å². The lowest BCUT2D eigenvalue weighted by molar-refractivity contribution is -0.870. The summed E-state index contributed by atoms with van der Waals surface area (Å²) in [4.78, 5) is 62.8. The molecule has 0 aliphatic carbocycles. The number of phosphoric ester groups is 1. The van der Waals surface area contributed by atoms with E-state index in [0.717, 1.165) is 19.3 Å². The van der Waals surface area contributed by atoms with Gasteiger partial charge in [-0.3, -0.25) is 32.8 Å². The Morgan fingerprint density at radius 2 is 1.37 bits per heavy atom. The van der Waals surface area contributed by atoms with Crippen molar-refractivity contribution in [2.75, 3.05) is 61.2 Å². The largest absolute Gasteiger partial charge is 0.497 e. The maximum absolute atomic E-state index is 13.7. The summed E-state index contributed by atoms with van der Waals surface area (Å²) in [5.41, 5.74) is 2.31. The molecular formula is C49H76ClN3O11P+. The van der Waals surface area contributed by atoms with Crippen LogP contribution in [0.25, 0.3) is 10.9 Å². The van der Waals surface area contributed by atoms with Gasteiger partial charge in [-0.25, -0.2) is 4.57 Å². The highest BCUT2D eigenvalue weighted by Gasteiger charge is 2.27. The number of nitrogens with zero attached hydrogens (tertiary/aromatic N) is 2. The van der Waals surface area contributed by atoms with Gasteiger partial charge in [0.2, 0.25) is 5.91 Å². The van der Waals surface area contributed by atoms with Crippen LogP contribution < -0.4 is 10.1 Å².